The van der Waals surface area contributed by atoms with Crippen molar-refractivity contribution in [1.29, 1.82) is 0 Å². The number of rotatable bonds is 8. The largest absolute Gasteiger partial charge is 0.325 e. The first-order chi connectivity index (χ1) is 12.7. The number of amides is 1. The molecule has 0 aliphatic heterocycles. The maximum Gasteiger partial charge on any atom is 0.243 e. The molecule has 0 atom stereocenters. The van der Waals surface area contributed by atoms with Gasteiger partial charge in [-0.2, -0.15) is 4.31 Å². The molecule has 0 heterocycles. The van der Waals surface area contributed by atoms with E-state index >= 15 is 0 Å². The predicted octanol–water partition coefficient (Wildman–Crippen LogP) is 4.24. The summed E-state index contributed by atoms with van der Waals surface area (Å²) in [6, 6.07) is 13.6. The zero-order chi connectivity index (χ0) is 20.0. The number of nitrogens with one attached hydrogen (secondary N) is 1. The molecule has 0 saturated heterocycles. The molecule has 0 spiro atoms. The third-order valence-corrected chi connectivity index (χ3v) is 7.26. The highest BCUT2D eigenvalue weighted by Crippen LogP contribution is 2.20. The Hall–Kier alpha value is -1.54. The second-order valence-corrected chi connectivity index (χ2v) is 9.73. The van der Waals surface area contributed by atoms with E-state index in [0.29, 0.717) is 22.2 Å². The van der Waals surface area contributed by atoms with E-state index in [2.05, 4.69) is 5.32 Å². The average molecular weight is 427 g/mol. The number of carbonyl (C=O) groups excluding carboxylic acids is 1. The lowest BCUT2D eigenvalue weighted by atomic mass is 10.2. The number of hydrogen-bond acceptors (Lipinski definition) is 4. The Bertz CT molecular complexity index is 867. The van der Waals surface area contributed by atoms with Gasteiger partial charge in [0, 0.05) is 29.6 Å². The van der Waals surface area contributed by atoms with E-state index in [9.17, 15) is 13.2 Å². The molecule has 1 amide bonds. The van der Waals surface area contributed by atoms with E-state index < -0.39 is 10.0 Å². The van der Waals surface area contributed by atoms with Gasteiger partial charge in [0.25, 0.3) is 0 Å². The fourth-order valence-electron chi connectivity index (χ4n) is 2.19. The zero-order valence-corrected chi connectivity index (χ0v) is 17.9. The molecule has 0 aliphatic carbocycles. The SMILES string of the molecule is CC(C)N(C)S(=O)(=O)c1ccc(NC(=O)CSCc2ccc(Cl)cc2)cc1. The van der Waals surface area contributed by atoms with Gasteiger partial charge >= 0.3 is 0 Å². The number of sulfonamides is 1. The third kappa shape index (κ3) is 6.24. The molecule has 0 aromatic heterocycles. The Morgan fingerprint density at radius 2 is 1.70 bits per heavy atom. The predicted molar refractivity (Wildman–Crippen MR) is 113 cm³/mol. The van der Waals surface area contributed by atoms with Crippen LogP contribution in [0.5, 0.6) is 0 Å². The molecule has 0 fully saturated rings. The summed E-state index contributed by atoms with van der Waals surface area (Å²) < 4.78 is 26.2. The highest BCUT2D eigenvalue weighted by Gasteiger charge is 2.22. The molecule has 1 N–H and O–H groups in total. The van der Waals surface area contributed by atoms with Crippen molar-refractivity contribution >= 4 is 45.0 Å². The van der Waals surface area contributed by atoms with Crippen LogP contribution in [-0.2, 0) is 20.6 Å². The van der Waals surface area contributed by atoms with E-state index in [1.165, 1.54) is 28.2 Å². The molecular weight excluding hydrogens is 404 g/mol. The van der Waals surface area contributed by atoms with Crippen molar-refractivity contribution in [2.75, 3.05) is 18.1 Å². The van der Waals surface area contributed by atoms with E-state index in [0.717, 1.165) is 5.56 Å². The normalized spacial score (nSPS) is 11.8. The van der Waals surface area contributed by atoms with Crippen LogP contribution in [0.4, 0.5) is 5.69 Å². The van der Waals surface area contributed by atoms with Gasteiger partial charge in [-0.05, 0) is 55.8 Å². The molecule has 0 saturated carbocycles. The van der Waals surface area contributed by atoms with Gasteiger partial charge in [-0.1, -0.05) is 23.7 Å². The number of thioether (sulfide) groups is 1. The maximum absolute atomic E-state index is 12.4. The Kier molecular flexibility index (Phi) is 7.73. The molecule has 0 aliphatic rings. The Morgan fingerprint density at radius 1 is 1.11 bits per heavy atom. The quantitative estimate of drug-likeness (QED) is 0.685. The molecule has 0 radical (unpaired) electrons. The Balaban J connectivity index is 1.88. The van der Waals surface area contributed by atoms with Gasteiger partial charge in [0.15, 0.2) is 0 Å². The lowest BCUT2D eigenvalue weighted by Crippen LogP contribution is -2.33. The standard InChI is InChI=1S/C19H23ClN2O3S2/c1-14(2)22(3)27(24,25)18-10-8-17(9-11-18)21-19(23)13-26-12-15-4-6-16(20)7-5-15/h4-11,14H,12-13H2,1-3H3,(H,21,23). The van der Waals surface area contributed by atoms with Crippen LogP contribution in [0, 0.1) is 0 Å². The molecule has 2 aromatic carbocycles. The molecule has 2 aromatic rings. The first-order valence-corrected chi connectivity index (χ1v) is 11.4. The van der Waals surface area contributed by atoms with Crippen LogP contribution in [-0.4, -0.2) is 37.5 Å². The minimum absolute atomic E-state index is 0.132. The first kappa shape index (κ1) is 21.8. The van der Waals surface area contributed by atoms with E-state index in [4.69, 9.17) is 11.6 Å². The van der Waals surface area contributed by atoms with Crippen LogP contribution in [0.3, 0.4) is 0 Å². The van der Waals surface area contributed by atoms with Gasteiger partial charge in [0.2, 0.25) is 15.9 Å². The van der Waals surface area contributed by atoms with E-state index in [1.54, 1.807) is 19.2 Å². The van der Waals surface area contributed by atoms with Crippen LogP contribution < -0.4 is 5.32 Å². The second kappa shape index (κ2) is 9.59. The van der Waals surface area contributed by atoms with Crippen molar-refractivity contribution in [1.82, 2.24) is 4.31 Å². The summed E-state index contributed by atoms with van der Waals surface area (Å²) in [5.74, 6) is 0.881. The molecule has 27 heavy (non-hydrogen) atoms. The molecular formula is C19H23ClN2O3S2. The highest BCUT2D eigenvalue weighted by molar-refractivity contribution is 7.99. The molecule has 8 heteroatoms. The van der Waals surface area contributed by atoms with Crippen LogP contribution in [0.1, 0.15) is 19.4 Å². The summed E-state index contributed by atoms with van der Waals surface area (Å²) in [6.07, 6.45) is 0. The van der Waals surface area contributed by atoms with Gasteiger partial charge in [0.1, 0.15) is 0 Å². The van der Waals surface area contributed by atoms with Crippen molar-refractivity contribution in [2.45, 2.75) is 30.5 Å². The van der Waals surface area contributed by atoms with Gasteiger partial charge in [-0.15, -0.1) is 11.8 Å². The molecule has 146 valence electrons. The molecule has 0 unspecified atom stereocenters. The minimum Gasteiger partial charge on any atom is -0.325 e. The monoisotopic (exact) mass is 426 g/mol. The van der Waals surface area contributed by atoms with Crippen molar-refractivity contribution in [3.05, 3.63) is 59.1 Å². The smallest absolute Gasteiger partial charge is 0.243 e. The second-order valence-electron chi connectivity index (χ2n) is 6.31. The molecule has 0 bridgehead atoms. The highest BCUT2D eigenvalue weighted by atomic mass is 35.5. The van der Waals surface area contributed by atoms with Gasteiger partial charge < -0.3 is 5.32 Å². The topological polar surface area (TPSA) is 66.5 Å². The lowest BCUT2D eigenvalue weighted by Gasteiger charge is -2.21. The van der Waals surface area contributed by atoms with Crippen LogP contribution >= 0.6 is 23.4 Å². The van der Waals surface area contributed by atoms with Gasteiger partial charge in [0.05, 0.1) is 10.6 Å². The fraction of sp³-hybridized carbons (Fsp3) is 0.316. The maximum atomic E-state index is 12.4. The summed E-state index contributed by atoms with van der Waals surface area (Å²) >= 11 is 7.34. The molecule has 2 rings (SSSR count). The van der Waals surface area contributed by atoms with Crippen molar-refractivity contribution in [3.63, 3.8) is 0 Å². The number of hydrogen-bond donors (Lipinski definition) is 1. The number of halogens is 1. The zero-order valence-electron chi connectivity index (χ0n) is 15.5. The molecule has 5 nitrogen and oxygen atoms in total. The first-order valence-electron chi connectivity index (χ1n) is 8.40. The minimum atomic E-state index is -3.52. The van der Waals surface area contributed by atoms with Gasteiger partial charge in [-0.3, -0.25) is 4.79 Å². The van der Waals surface area contributed by atoms with Crippen LogP contribution in [0.15, 0.2) is 53.4 Å². The van der Waals surface area contributed by atoms with Crippen LogP contribution in [0.25, 0.3) is 0 Å². The summed E-state index contributed by atoms with van der Waals surface area (Å²) in [6.45, 7) is 3.63. The Labute approximate surface area is 170 Å². The number of anilines is 1. The Morgan fingerprint density at radius 3 is 2.26 bits per heavy atom. The van der Waals surface area contributed by atoms with Crippen molar-refractivity contribution < 1.29 is 13.2 Å². The van der Waals surface area contributed by atoms with E-state index in [-0.39, 0.29) is 16.8 Å². The summed E-state index contributed by atoms with van der Waals surface area (Å²) in [7, 11) is -1.98. The summed E-state index contributed by atoms with van der Waals surface area (Å²) in [4.78, 5) is 12.3. The summed E-state index contributed by atoms with van der Waals surface area (Å²) in [5.41, 5.74) is 1.67. The van der Waals surface area contributed by atoms with Crippen LogP contribution in [0.2, 0.25) is 5.02 Å². The van der Waals surface area contributed by atoms with Gasteiger partial charge in [-0.25, -0.2) is 8.42 Å². The van der Waals surface area contributed by atoms with Crippen molar-refractivity contribution in [2.24, 2.45) is 0 Å². The number of benzene rings is 2. The third-order valence-electron chi connectivity index (χ3n) is 3.96. The van der Waals surface area contributed by atoms with Crippen molar-refractivity contribution in [3.8, 4) is 0 Å². The fourth-order valence-corrected chi connectivity index (χ4v) is 4.47. The van der Waals surface area contributed by atoms with E-state index in [1.807, 2.05) is 38.1 Å². The lowest BCUT2D eigenvalue weighted by molar-refractivity contribution is -0.113. The summed E-state index contributed by atoms with van der Waals surface area (Å²) in [5, 5.41) is 3.47. The number of carbonyl (C=O) groups is 1. The number of nitrogens with zero attached hydrogens (tertiary/aromatic N) is 1. The average Bonchev–Trinajstić information content (AvgIpc) is 2.63.